The van der Waals surface area contributed by atoms with E-state index < -0.39 is 0 Å². The Morgan fingerprint density at radius 2 is 2.46 bits per heavy atom. The summed E-state index contributed by atoms with van der Waals surface area (Å²) in [5.74, 6) is 0. The van der Waals surface area contributed by atoms with Crippen LogP contribution in [0.4, 0.5) is 0 Å². The van der Waals surface area contributed by atoms with E-state index in [2.05, 4.69) is 16.5 Å². The van der Waals surface area contributed by atoms with E-state index in [0.29, 0.717) is 5.70 Å². The number of rotatable bonds is 1. The largest absolute Gasteiger partial charge is 0.330 e. The fourth-order valence-electron chi connectivity index (χ4n) is 1.33. The first-order valence-corrected chi connectivity index (χ1v) is 3.91. The van der Waals surface area contributed by atoms with Crippen LogP contribution in [0.3, 0.4) is 0 Å². The predicted octanol–water partition coefficient (Wildman–Crippen LogP) is 1.22. The Morgan fingerprint density at radius 3 is 3.15 bits per heavy atom. The number of fused-ring (bicyclic) bond motifs is 1. The number of aromatic amines is 1. The van der Waals surface area contributed by atoms with Crippen molar-refractivity contribution < 1.29 is 0 Å². The summed E-state index contributed by atoms with van der Waals surface area (Å²) >= 11 is 0. The van der Waals surface area contributed by atoms with Crippen LogP contribution in [-0.2, 0) is 0 Å². The summed E-state index contributed by atoms with van der Waals surface area (Å²) in [6.45, 7) is 5.50. The summed E-state index contributed by atoms with van der Waals surface area (Å²) in [7, 11) is 0. The molecule has 1 N–H and O–H groups in total. The van der Waals surface area contributed by atoms with Crippen molar-refractivity contribution in [3.63, 3.8) is 0 Å². The maximum atomic E-state index is 11.4. The van der Waals surface area contributed by atoms with Crippen molar-refractivity contribution in [3.05, 3.63) is 35.5 Å². The highest BCUT2D eigenvalue weighted by Crippen LogP contribution is 2.10. The van der Waals surface area contributed by atoms with E-state index in [-0.39, 0.29) is 5.69 Å². The van der Waals surface area contributed by atoms with Crippen molar-refractivity contribution in [1.29, 1.82) is 0 Å². The van der Waals surface area contributed by atoms with Gasteiger partial charge >= 0.3 is 5.69 Å². The lowest BCUT2D eigenvalue weighted by molar-refractivity contribution is 1.03. The van der Waals surface area contributed by atoms with Crippen LogP contribution in [0.15, 0.2) is 29.8 Å². The summed E-state index contributed by atoms with van der Waals surface area (Å²) in [6, 6.07) is 1.76. The fourth-order valence-corrected chi connectivity index (χ4v) is 1.33. The van der Waals surface area contributed by atoms with E-state index in [0.717, 1.165) is 11.0 Å². The molecule has 0 saturated heterocycles. The van der Waals surface area contributed by atoms with Crippen LogP contribution < -0.4 is 5.69 Å². The van der Waals surface area contributed by atoms with E-state index in [1.54, 1.807) is 25.4 Å². The lowest BCUT2D eigenvalue weighted by Crippen LogP contribution is -2.13. The van der Waals surface area contributed by atoms with Gasteiger partial charge in [0, 0.05) is 11.9 Å². The standard InChI is InChI=1S/C9H9N3O/c1-6(2)12-8-5-10-4-3-7(8)11-9(12)13/h3-5H,1H2,2H3,(H,11,13). The quantitative estimate of drug-likeness (QED) is 0.708. The minimum Gasteiger partial charge on any atom is -0.305 e. The van der Waals surface area contributed by atoms with Gasteiger partial charge in [0.1, 0.15) is 0 Å². The van der Waals surface area contributed by atoms with Crippen molar-refractivity contribution in [2.45, 2.75) is 6.92 Å². The highest BCUT2D eigenvalue weighted by molar-refractivity contribution is 5.77. The zero-order valence-corrected chi connectivity index (χ0v) is 7.24. The molecule has 0 amide bonds. The van der Waals surface area contributed by atoms with E-state index in [9.17, 15) is 4.79 Å². The molecule has 0 bridgehead atoms. The Hall–Kier alpha value is -1.84. The molecule has 2 heterocycles. The first-order valence-electron chi connectivity index (χ1n) is 3.91. The monoisotopic (exact) mass is 175 g/mol. The van der Waals surface area contributed by atoms with Crippen molar-refractivity contribution in [1.82, 2.24) is 14.5 Å². The molecule has 13 heavy (non-hydrogen) atoms. The molecule has 0 radical (unpaired) electrons. The van der Waals surface area contributed by atoms with E-state index >= 15 is 0 Å². The first kappa shape index (κ1) is 7.79. The number of pyridine rings is 1. The molecule has 0 saturated carbocycles. The molecule has 0 spiro atoms. The van der Waals surface area contributed by atoms with Gasteiger partial charge in [-0.2, -0.15) is 0 Å². The minimum atomic E-state index is -0.171. The van der Waals surface area contributed by atoms with Crippen LogP contribution in [0.25, 0.3) is 16.7 Å². The first-order chi connectivity index (χ1) is 6.20. The molecule has 2 aromatic heterocycles. The topological polar surface area (TPSA) is 50.7 Å². The van der Waals surface area contributed by atoms with E-state index in [4.69, 9.17) is 0 Å². The van der Waals surface area contributed by atoms with Gasteiger partial charge < -0.3 is 4.98 Å². The van der Waals surface area contributed by atoms with Gasteiger partial charge in [0.25, 0.3) is 0 Å². The molecule has 4 heteroatoms. The number of H-pyrrole nitrogens is 1. The third kappa shape index (κ3) is 1.07. The second kappa shape index (κ2) is 2.58. The average molecular weight is 175 g/mol. The SMILES string of the molecule is C=C(C)n1c(=O)[nH]c2ccncc21. The number of nitrogens with zero attached hydrogens (tertiary/aromatic N) is 2. The smallest absolute Gasteiger partial charge is 0.305 e. The zero-order chi connectivity index (χ0) is 9.42. The van der Waals surface area contributed by atoms with Crippen LogP contribution in [0.2, 0.25) is 0 Å². The number of nitrogens with one attached hydrogen (secondary N) is 1. The predicted molar refractivity (Wildman–Crippen MR) is 51.4 cm³/mol. The maximum absolute atomic E-state index is 11.4. The summed E-state index contributed by atoms with van der Waals surface area (Å²) in [5, 5.41) is 0. The highest BCUT2D eigenvalue weighted by atomic mass is 16.1. The van der Waals surface area contributed by atoms with Gasteiger partial charge in [0.2, 0.25) is 0 Å². The molecule has 0 aliphatic rings. The van der Waals surface area contributed by atoms with E-state index in [1.165, 1.54) is 4.57 Å². The second-order valence-electron chi connectivity index (χ2n) is 2.89. The molecule has 2 rings (SSSR count). The van der Waals surface area contributed by atoms with Crippen LogP contribution >= 0.6 is 0 Å². The van der Waals surface area contributed by atoms with Gasteiger partial charge in [-0.15, -0.1) is 0 Å². The second-order valence-corrected chi connectivity index (χ2v) is 2.89. The van der Waals surface area contributed by atoms with Crippen molar-refractivity contribution in [3.8, 4) is 0 Å². The Morgan fingerprint density at radius 1 is 1.69 bits per heavy atom. The minimum absolute atomic E-state index is 0.171. The van der Waals surface area contributed by atoms with Crippen molar-refractivity contribution >= 4 is 16.7 Å². The van der Waals surface area contributed by atoms with Gasteiger partial charge in [-0.3, -0.25) is 9.55 Å². The Bertz CT molecular complexity index is 521. The summed E-state index contributed by atoms with van der Waals surface area (Å²) in [4.78, 5) is 18.1. The highest BCUT2D eigenvalue weighted by Gasteiger charge is 2.05. The molecule has 0 aliphatic carbocycles. The molecule has 0 aliphatic heterocycles. The van der Waals surface area contributed by atoms with Gasteiger partial charge in [-0.05, 0) is 13.0 Å². The Labute approximate surface area is 74.5 Å². The van der Waals surface area contributed by atoms with Gasteiger partial charge in [-0.25, -0.2) is 4.79 Å². The molecule has 0 atom stereocenters. The fraction of sp³-hybridized carbons (Fsp3) is 0.111. The van der Waals surface area contributed by atoms with Crippen molar-refractivity contribution in [2.75, 3.05) is 0 Å². The Kier molecular flexibility index (Phi) is 1.55. The molecular weight excluding hydrogens is 166 g/mol. The molecular formula is C9H9N3O. The summed E-state index contributed by atoms with van der Waals surface area (Å²) in [5.41, 5.74) is 2.06. The van der Waals surface area contributed by atoms with E-state index in [1.807, 2.05) is 0 Å². The molecule has 0 aromatic carbocycles. The summed E-state index contributed by atoms with van der Waals surface area (Å²) in [6.07, 6.45) is 3.28. The maximum Gasteiger partial charge on any atom is 0.330 e. The lowest BCUT2D eigenvalue weighted by atomic mass is 10.4. The molecule has 4 nitrogen and oxygen atoms in total. The molecule has 0 unspecified atom stereocenters. The Balaban J connectivity index is 2.95. The van der Waals surface area contributed by atoms with Crippen LogP contribution in [0, 0.1) is 0 Å². The van der Waals surface area contributed by atoms with Gasteiger partial charge in [0.15, 0.2) is 0 Å². The third-order valence-electron chi connectivity index (χ3n) is 1.87. The molecule has 0 fully saturated rings. The normalized spacial score (nSPS) is 10.5. The summed E-state index contributed by atoms with van der Waals surface area (Å²) < 4.78 is 1.50. The zero-order valence-electron chi connectivity index (χ0n) is 7.24. The van der Waals surface area contributed by atoms with Crippen LogP contribution in [-0.4, -0.2) is 14.5 Å². The van der Waals surface area contributed by atoms with Gasteiger partial charge in [-0.1, -0.05) is 6.58 Å². The number of hydrogen-bond acceptors (Lipinski definition) is 2. The van der Waals surface area contributed by atoms with Crippen LogP contribution in [0.1, 0.15) is 6.92 Å². The number of aromatic nitrogens is 3. The van der Waals surface area contributed by atoms with Gasteiger partial charge in [0.05, 0.1) is 17.2 Å². The molecule has 66 valence electrons. The van der Waals surface area contributed by atoms with Crippen LogP contribution in [0.5, 0.6) is 0 Å². The molecule has 2 aromatic rings. The third-order valence-corrected chi connectivity index (χ3v) is 1.87. The number of allylic oxidation sites excluding steroid dienone is 1. The number of hydrogen-bond donors (Lipinski definition) is 1. The van der Waals surface area contributed by atoms with Crippen molar-refractivity contribution in [2.24, 2.45) is 0 Å². The lowest BCUT2D eigenvalue weighted by Gasteiger charge is -1.98. The average Bonchev–Trinajstić information content (AvgIpc) is 2.39. The number of imidazole rings is 1.